The van der Waals surface area contributed by atoms with E-state index >= 15 is 0 Å². The molecule has 6 nitrogen and oxygen atoms in total. The number of benzene rings is 2. The van der Waals surface area contributed by atoms with Crippen LogP contribution in [-0.4, -0.2) is 46.5 Å². The number of carbonyl (C=O) groups excluding carboxylic acids is 1. The number of aromatic amines is 1. The zero-order chi connectivity index (χ0) is 22.9. The van der Waals surface area contributed by atoms with E-state index in [2.05, 4.69) is 32.4 Å². The molecule has 3 heterocycles. The average molecular weight is 446 g/mol. The van der Waals surface area contributed by atoms with Gasteiger partial charge in [0.15, 0.2) is 0 Å². The quantitative estimate of drug-likeness (QED) is 0.499. The molecule has 1 saturated heterocycles. The number of fused-ring (bicyclic) bond motifs is 1. The van der Waals surface area contributed by atoms with E-state index in [0.717, 1.165) is 49.4 Å². The van der Waals surface area contributed by atoms with Crippen molar-refractivity contribution in [3.05, 3.63) is 77.1 Å². The van der Waals surface area contributed by atoms with Crippen molar-refractivity contribution >= 4 is 28.4 Å². The first-order valence-electron chi connectivity index (χ1n) is 11.5. The lowest BCUT2D eigenvalue weighted by Gasteiger charge is -2.32. The minimum Gasteiger partial charge on any atom is -0.382 e. The Balaban J connectivity index is 1.56. The second-order valence-corrected chi connectivity index (χ2v) is 8.72. The number of carbonyl (C=O) groups is 1. The summed E-state index contributed by atoms with van der Waals surface area (Å²) >= 11 is 0. The van der Waals surface area contributed by atoms with E-state index in [1.807, 2.05) is 24.3 Å². The van der Waals surface area contributed by atoms with E-state index in [-0.39, 0.29) is 11.7 Å². The van der Waals surface area contributed by atoms with Gasteiger partial charge in [0, 0.05) is 54.0 Å². The fraction of sp³-hybridized carbons (Fsp3) is 0.308. The molecule has 2 aromatic carbocycles. The maximum Gasteiger partial charge on any atom is 0.257 e. The molecule has 0 radical (unpaired) electrons. The van der Waals surface area contributed by atoms with E-state index < -0.39 is 0 Å². The number of aryl methyl sites for hydroxylation is 1. The number of imidazole rings is 1. The first-order valence-corrected chi connectivity index (χ1v) is 11.5. The van der Waals surface area contributed by atoms with Gasteiger partial charge < -0.3 is 20.5 Å². The maximum atomic E-state index is 14.5. The number of hydrogen-bond donors (Lipinski definition) is 3. The highest BCUT2D eigenvalue weighted by Gasteiger charge is 2.30. The van der Waals surface area contributed by atoms with E-state index in [0.29, 0.717) is 34.1 Å². The molecular formula is C26H28FN5O. The van der Waals surface area contributed by atoms with Gasteiger partial charge in [0.25, 0.3) is 5.91 Å². The normalized spacial score (nSPS) is 18.2. The number of H-pyrrole nitrogens is 1. The number of amides is 1. The van der Waals surface area contributed by atoms with Crippen LogP contribution in [0.3, 0.4) is 0 Å². The van der Waals surface area contributed by atoms with Gasteiger partial charge in [-0.05, 0) is 61.7 Å². The molecule has 0 aliphatic carbocycles. The maximum absolute atomic E-state index is 14.5. The summed E-state index contributed by atoms with van der Waals surface area (Å²) in [5.41, 5.74) is 4.76. The summed E-state index contributed by atoms with van der Waals surface area (Å²) in [6, 6.07) is 11.4. The topological polar surface area (TPSA) is 73.0 Å². The van der Waals surface area contributed by atoms with Gasteiger partial charge in [-0.3, -0.25) is 4.79 Å². The fourth-order valence-electron chi connectivity index (χ4n) is 4.68. The average Bonchev–Trinajstić information content (AvgIpc) is 3.45. The molecule has 0 spiro atoms. The fourth-order valence-corrected chi connectivity index (χ4v) is 4.68. The van der Waals surface area contributed by atoms with Crippen molar-refractivity contribution in [3.8, 4) is 0 Å². The molecule has 0 saturated carbocycles. The summed E-state index contributed by atoms with van der Waals surface area (Å²) in [6.07, 6.45) is 5.51. The van der Waals surface area contributed by atoms with Gasteiger partial charge in [0.1, 0.15) is 11.6 Å². The van der Waals surface area contributed by atoms with Crippen molar-refractivity contribution in [2.24, 2.45) is 0 Å². The van der Waals surface area contributed by atoms with Crippen LogP contribution in [0.4, 0.5) is 15.8 Å². The molecule has 2 aliphatic rings. The predicted molar refractivity (Wildman–Crippen MR) is 129 cm³/mol. The van der Waals surface area contributed by atoms with Crippen LogP contribution in [0.15, 0.2) is 48.8 Å². The van der Waals surface area contributed by atoms with Gasteiger partial charge in [-0.1, -0.05) is 19.1 Å². The van der Waals surface area contributed by atoms with Crippen molar-refractivity contribution < 1.29 is 9.18 Å². The van der Waals surface area contributed by atoms with Crippen LogP contribution in [0.5, 0.6) is 0 Å². The van der Waals surface area contributed by atoms with Gasteiger partial charge in [0.2, 0.25) is 0 Å². The number of piperidine rings is 1. The summed E-state index contributed by atoms with van der Waals surface area (Å²) in [6.45, 7) is 7.18. The van der Waals surface area contributed by atoms with Crippen molar-refractivity contribution in [2.75, 3.05) is 30.3 Å². The van der Waals surface area contributed by atoms with Crippen LogP contribution < -0.4 is 10.6 Å². The highest BCUT2D eigenvalue weighted by Crippen LogP contribution is 2.40. The van der Waals surface area contributed by atoms with Gasteiger partial charge in [-0.15, -0.1) is 0 Å². The SMILES string of the molecule is CCN1CCC(Nc2ccc3c(c2)C(=C(c2ccc(C)c(F)c2)c2ncc[nH]2)C(=O)N3)CC1. The molecule has 3 N–H and O–H groups in total. The van der Waals surface area contributed by atoms with E-state index in [4.69, 9.17) is 0 Å². The minimum atomic E-state index is -0.315. The molecule has 1 fully saturated rings. The third-order valence-corrected chi connectivity index (χ3v) is 6.62. The number of likely N-dealkylation sites (tertiary alicyclic amines) is 1. The van der Waals surface area contributed by atoms with Crippen molar-refractivity contribution in [1.82, 2.24) is 14.9 Å². The summed E-state index contributed by atoms with van der Waals surface area (Å²) in [5, 5.41) is 6.61. The lowest BCUT2D eigenvalue weighted by Crippen LogP contribution is -2.38. The molecule has 3 aromatic rings. The van der Waals surface area contributed by atoms with Gasteiger partial charge >= 0.3 is 0 Å². The molecule has 0 atom stereocenters. The number of anilines is 2. The molecule has 33 heavy (non-hydrogen) atoms. The minimum absolute atomic E-state index is 0.217. The molecule has 1 amide bonds. The Hall–Kier alpha value is -3.45. The third kappa shape index (κ3) is 4.16. The van der Waals surface area contributed by atoms with Crippen LogP contribution in [-0.2, 0) is 4.79 Å². The van der Waals surface area contributed by atoms with Crippen LogP contribution in [0.2, 0.25) is 0 Å². The van der Waals surface area contributed by atoms with Crippen molar-refractivity contribution in [1.29, 1.82) is 0 Å². The Bertz CT molecular complexity index is 1210. The smallest absolute Gasteiger partial charge is 0.257 e. The molecular weight excluding hydrogens is 417 g/mol. The lowest BCUT2D eigenvalue weighted by atomic mass is 9.93. The zero-order valence-electron chi connectivity index (χ0n) is 18.9. The van der Waals surface area contributed by atoms with Crippen molar-refractivity contribution in [2.45, 2.75) is 32.7 Å². The summed E-state index contributed by atoms with van der Waals surface area (Å²) in [4.78, 5) is 23.1. The summed E-state index contributed by atoms with van der Waals surface area (Å²) < 4.78 is 14.5. The number of nitrogens with zero attached hydrogens (tertiary/aromatic N) is 2. The van der Waals surface area contributed by atoms with E-state index in [1.54, 1.807) is 25.4 Å². The Kier molecular flexibility index (Phi) is 5.72. The highest BCUT2D eigenvalue weighted by atomic mass is 19.1. The largest absolute Gasteiger partial charge is 0.382 e. The lowest BCUT2D eigenvalue weighted by molar-refractivity contribution is -0.110. The van der Waals surface area contributed by atoms with Crippen molar-refractivity contribution in [3.63, 3.8) is 0 Å². The zero-order valence-corrected chi connectivity index (χ0v) is 18.9. The van der Waals surface area contributed by atoms with Crippen LogP contribution in [0, 0.1) is 12.7 Å². The first-order chi connectivity index (χ1) is 16.0. The molecule has 5 rings (SSSR count). The number of nitrogens with one attached hydrogen (secondary N) is 3. The second kappa shape index (κ2) is 8.83. The molecule has 170 valence electrons. The second-order valence-electron chi connectivity index (χ2n) is 8.72. The molecule has 1 aromatic heterocycles. The van der Waals surface area contributed by atoms with Gasteiger partial charge in [-0.25, -0.2) is 9.37 Å². The van der Waals surface area contributed by atoms with E-state index in [9.17, 15) is 9.18 Å². The molecule has 0 unspecified atom stereocenters. The predicted octanol–water partition coefficient (Wildman–Crippen LogP) is 4.66. The van der Waals surface area contributed by atoms with Crippen LogP contribution >= 0.6 is 0 Å². The van der Waals surface area contributed by atoms with Crippen LogP contribution in [0.25, 0.3) is 11.1 Å². The number of hydrogen-bond acceptors (Lipinski definition) is 4. The third-order valence-electron chi connectivity index (χ3n) is 6.62. The first kappa shape index (κ1) is 21.4. The molecule has 7 heteroatoms. The Morgan fingerprint density at radius 2 is 2.03 bits per heavy atom. The number of rotatable bonds is 5. The van der Waals surface area contributed by atoms with Crippen LogP contribution in [0.1, 0.15) is 42.3 Å². The number of halogens is 1. The highest BCUT2D eigenvalue weighted by molar-refractivity contribution is 6.38. The van der Waals surface area contributed by atoms with E-state index in [1.165, 1.54) is 6.07 Å². The number of aromatic nitrogens is 2. The van der Waals surface area contributed by atoms with Gasteiger partial charge in [-0.2, -0.15) is 0 Å². The Labute approximate surface area is 192 Å². The Morgan fingerprint density at radius 1 is 1.21 bits per heavy atom. The monoisotopic (exact) mass is 445 g/mol. The van der Waals surface area contributed by atoms with Gasteiger partial charge in [0.05, 0.1) is 5.57 Å². The summed E-state index contributed by atoms with van der Waals surface area (Å²) in [5.74, 6) is -0.00281. The standard InChI is InChI=1S/C26H28FN5O/c1-3-32-12-8-18(9-13-32)30-19-6-7-22-20(15-19)24(26(33)31-22)23(25-28-10-11-29-25)17-5-4-16(2)21(27)14-17/h4-7,10-11,14-15,18,30H,3,8-9,12-13H2,1-2H3,(H,28,29)(H,31,33). The Morgan fingerprint density at radius 3 is 2.73 bits per heavy atom. The molecule has 0 bridgehead atoms. The molecule has 2 aliphatic heterocycles. The summed E-state index contributed by atoms with van der Waals surface area (Å²) in [7, 11) is 0.